The lowest BCUT2D eigenvalue weighted by molar-refractivity contribution is 0.101. The molecule has 3 rings (SSSR count). The second-order valence-electron chi connectivity index (χ2n) is 7.49. The van der Waals surface area contributed by atoms with Crippen molar-refractivity contribution in [2.45, 2.75) is 13.0 Å². The van der Waals surface area contributed by atoms with E-state index in [2.05, 4.69) is 17.9 Å². The predicted octanol–water partition coefficient (Wildman–Crippen LogP) is 2.11. The Morgan fingerprint density at radius 3 is 2.56 bits per heavy atom. The number of nitrogens with zero attached hydrogens (tertiary/aromatic N) is 3. The maximum Gasteiger partial charge on any atom is 0.407 e. The van der Waals surface area contributed by atoms with E-state index in [9.17, 15) is 27.5 Å². The molecule has 2 aromatic rings. The van der Waals surface area contributed by atoms with Crippen LogP contribution in [-0.4, -0.2) is 59.9 Å². The van der Waals surface area contributed by atoms with Crippen LogP contribution < -0.4 is 9.62 Å². The molecule has 2 N–H and O–H groups in total. The molecule has 13 heteroatoms. The van der Waals surface area contributed by atoms with E-state index in [1.807, 2.05) is 0 Å². The Kier molecular flexibility index (Phi) is 6.98. The van der Waals surface area contributed by atoms with Gasteiger partial charge in [-0.25, -0.2) is 22.0 Å². The van der Waals surface area contributed by atoms with Gasteiger partial charge in [0.25, 0.3) is 5.91 Å². The molecule has 2 amide bonds. The third-order valence-electron chi connectivity index (χ3n) is 5.38. The van der Waals surface area contributed by atoms with Gasteiger partial charge in [0.2, 0.25) is 10.9 Å². The molecule has 0 saturated carbocycles. The zero-order valence-corrected chi connectivity index (χ0v) is 18.9. The van der Waals surface area contributed by atoms with Crippen LogP contribution in [0.25, 0.3) is 0 Å². The number of aromatic nitrogens is 1. The molecule has 1 aromatic heterocycles. The van der Waals surface area contributed by atoms with Gasteiger partial charge in [0, 0.05) is 37.9 Å². The summed E-state index contributed by atoms with van der Waals surface area (Å²) in [7, 11) is -1.98. The van der Waals surface area contributed by atoms with Crippen LogP contribution in [0.5, 0.6) is 0 Å². The van der Waals surface area contributed by atoms with Gasteiger partial charge in [-0.15, -0.1) is 0 Å². The van der Waals surface area contributed by atoms with Crippen molar-refractivity contribution in [3.8, 4) is 0 Å². The fourth-order valence-corrected chi connectivity index (χ4v) is 4.95. The highest BCUT2D eigenvalue weighted by atomic mass is 32.2. The molecule has 0 aliphatic carbocycles. The largest absolute Gasteiger partial charge is 0.465 e. The normalized spacial score (nSPS) is 18.2. The Hall–Kier alpha value is -2.80. The SMILES string of the molecule is Cc1cc(NC(=O)c2c(F)c(N([C@H]3CN(C(=O)O)C[C@H]3CS)[SH](=O)=O)cn2C)ccc1F. The average molecular weight is 489 g/mol. The molecule has 0 radical (unpaired) electrons. The predicted molar refractivity (Wildman–Crippen MR) is 118 cm³/mol. The van der Waals surface area contributed by atoms with E-state index in [1.54, 1.807) is 0 Å². The van der Waals surface area contributed by atoms with E-state index >= 15 is 4.39 Å². The Morgan fingerprint density at radius 1 is 1.31 bits per heavy atom. The molecule has 0 unspecified atom stereocenters. The Labute approximate surface area is 190 Å². The molecule has 1 aromatic carbocycles. The summed E-state index contributed by atoms with van der Waals surface area (Å²) in [5.74, 6) is -2.68. The summed E-state index contributed by atoms with van der Waals surface area (Å²) >= 11 is 4.18. The van der Waals surface area contributed by atoms with Gasteiger partial charge in [-0.2, -0.15) is 12.6 Å². The number of carbonyl (C=O) groups excluding carboxylic acids is 1. The first-order valence-corrected chi connectivity index (χ1v) is 11.3. The van der Waals surface area contributed by atoms with Gasteiger partial charge in [-0.1, -0.05) is 0 Å². The molecule has 9 nitrogen and oxygen atoms in total. The molecule has 32 heavy (non-hydrogen) atoms. The number of anilines is 2. The second kappa shape index (κ2) is 9.36. The summed E-state index contributed by atoms with van der Waals surface area (Å²) in [4.78, 5) is 25.1. The molecule has 1 aliphatic rings. The van der Waals surface area contributed by atoms with E-state index in [0.717, 1.165) is 26.0 Å². The lowest BCUT2D eigenvalue weighted by atomic mass is 10.1. The van der Waals surface area contributed by atoms with E-state index in [1.165, 1.54) is 26.1 Å². The van der Waals surface area contributed by atoms with Crippen molar-refractivity contribution < 1.29 is 31.9 Å². The highest BCUT2D eigenvalue weighted by molar-refractivity contribution is 7.80. The maximum absolute atomic E-state index is 15.3. The number of carboxylic acid groups (broad SMARTS) is 1. The number of rotatable bonds is 6. The first-order valence-electron chi connectivity index (χ1n) is 9.49. The molecule has 2 atom stereocenters. The fraction of sp³-hybridized carbons (Fsp3) is 0.368. The van der Waals surface area contributed by atoms with Gasteiger partial charge in [-0.3, -0.25) is 9.10 Å². The van der Waals surface area contributed by atoms with Crippen LogP contribution in [0.3, 0.4) is 0 Å². The quantitative estimate of drug-likeness (QED) is 0.466. The molecule has 1 saturated heterocycles. The van der Waals surface area contributed by atoms with Crippen LogP contribution >= 0.6 is 12.6 Å². The third kappa shape index (κ3) is 4.53. The minimum atomic E-state index is -3.36. The number of thiol groups is 2. The van der Waals surface area contributed by atoms with Crippen LogP contribution in [0, 0.1) is 24.5 Å². The average Bonchev–Trinajstić information content (AvgIpc) is 3.26. The summed E-state index contributed by atoms with van der Waals surface area (Å²) < 4.78 is 54.9. The molecule has 1 fully saturated rings. The monoisotopic (exact) mass is 488 g/mol. The molecule has 1 aliphatic heterocycles. The number of amides is 2. The summed E-state index contributed by atoms with van der Waals surface area (Å²) in [6.07, 6.45) is -0.0619. The summed E-state index contributed by atoms with van der Waals surface area (Å²) in [6.45, 7) is 1.40. The summed E-state index contributed by atoms with van der Waals surface area (Å²) in [5, 5.41) is 11.7. The van der Waals surface area contributed by atoms with Crippen molar-refractivity contribution in [1.82, 2.24) is 9.47 Å². The lowest BCUT2D eigenvalue weighted by Crippen LogP contribution is -2.41. The Bertz CT molecular complexity index is 1130. The van der Waals surface area contributed by atoms with Crippen molar-refractivity contribution in [1.29, 1.82) is 0 Å². The second-order valence-corrected chi connectivity index (χ2v) is 8.76. The van der Waals surface area contributed by atoms with Gasteiger partial charge in [0.1, 0.15) is 17.2 Å². The molecular formula is C19H22F2N4O5S2. The lowest BCUT2D eigenvalue weighted by Gasteiger charge is -2.27. The van der Waals surface area contributed by atoms with Gasteiger partial charge >= 0.3 is 6.09 Å². The Balaban J connectivity index is 1.95. The van der Waals surface area contributed by atoms with Crippen molar-refractivity contribution in [2.75, 3.05) is 28.5 Å². The summed E-state index contributed by atoms with van der Waals surface area (Å²) in [6, 6.07) is 2.98. The number of benzene rings is 1. The third-order valence-corrected chi connectivity index (χ3v) is 6.71. The highest BCUT2D eigenvalue weighted by Crippen LogP contribution is 2.32. The zero-order chi connectivity index (χ0) is 23.7. The van der Waals surface area contributed by atoms with Gasteiger partial charge in [0.05, 0.1) is 6.04 Å². The standard InChI is InChI=1S/C19H22F2N4O5S2/c1-10-5-12(3-4-13(10)20)22-18(26)17-16(21)15(7-23(17)2)25(32(29)30)14-8-24(19(27)28)6-11(14)9-31/h3-5,7,11,14,31-32H,6,8-9H2,1-2H3,(H,22,26)(H,27,28)/t11-,14-/m0/s1. The number of nitrogens with one attached hydrogen (secondary N) is 1. The van der Waals surface area contributed by atoms with Crippen LogP contribution in [0.1, 0.15) is 16.1 Å². The van der Waals surface area contributed by atoms with Crippen molar-refractivity contribution in [3.05, 3.63) is 47.3 Å². The maximum atomic E-state index is 15.3. The number of hydrogen-bond acceptors (Lipinski definition) is 5. The van der Waals surface area contributed by atoms with Crippen LogP contribution in [0.15, 0.2) is 24.4 Å². The Morgan fingerprint density at radius 2 is 2.00 bits per heavy atom. The van der Waals surface area contributed by atoms with E-state index in [-0.39, 0.29) is 35.8 Å². The molecule has 0 spiro atoms. The van der Waals surface area contributed by atoms with Crippen molar-refractivity contribution in [3.63, 3.8) is 0 Å². The number of halogens is 2. The first kappa shape index (κ1) is 23.9. The minimum absolute atomic E-state index is 0.0505. The first-order chi connectivity index (χ1) is 15.0. The number of likely N-dealkylation sites (tertiary alicyclic amines) is 1. The van der Waals surface area contributed by atoms with Crippen LogP contribution in [-0.2, 0) is 17.9 Å². The molecule has 2 heterocycles. The van der Waals surface area contributed by atoms with Gasteiger partial charge in [-0.05, 0) is 36.4 Å². The van der Waals surface area contributed by atoms with E-state index < -0.39 is 52.2 Å². The van der Waals surface area contributed by atoms with Crippen molar-refractivity contribution in [2.24, 2.45) is 13.0 Å². The molecule has 174 valence electrons. The van der Waals surface area contributed by atoms with Crippen LogP contribution in [0.2, 0.25) is 0 Å². The smallest absolute Gasteiger partial charge is 0.407 e. The highest BCUT2D eigenvalue weighted by Gasteiger charge is 2.41. The fourth-order valence-electron chi connectivity index (χ4n) is 3.77. The summed E-state index contributed by atoms with van der Waals surface area (Å²) in [5.41, 5.74) is -0.273. The topological polar surface area (TPSA) is 112 Å². The number of aryl methyl sites for hydroxylation is 2. The van der Waals surface area contributed by atoms with Gasteiger partial charge in [0.15, 0.2) is 5.82 Å². The van der Waals surface area contributed by atoms with E-state index in [4.69, 9.17) is 0 Å². The van der Waals surface area contributed by atoms with E-state index in [0.29, 0.717) is 0 Å². The minimum Gasteiger partial charge on any atom is -0.465 e. The molecule has 0 bridgehead atoms. The number of carbonyl (C=O) groups is 2. The van der Waals surface area contributed by atoms with Crippen molar-refractivity contribution >= 4 is 46.9 Å². The van der Waals surface area contributed by atoms with Crippen LogP contribution in [0.4, 0.5) is 25.0 Å². The molecular weight excluding hydrogens is 466 g/mol. The van der Waals surface area contributed by atoms with Gasteiger partial charge < -0.3 is 19.9 Å². The zero-order valence-electron chi connectivity index (χ0n) is 17.2. The number of hydrogen-bond donors (Lipinski definition) is 4.